The minimum absolute atomic E-state index is 0.158. The highest BCUT2D eigenvalue weighted by Crippen LogP contribution is 2.29. The number of amides is 1. The zero-order valence-corrected chi connectivity index (χ0v) is 21.4. The Balaban J connectivity index is 1.11. The first kappa shape index (κ1) is 25.2. The normalized spacial score (nSPS) is 20.9. The predicted molar refractivity (Wildman–Crippen MR) is 144 cm³/mol. The summed E-state index contributed by atoms with van der Waals surface area (Å²) in [6.45, 7) is 6.50. The third kappa shape index (κ3) is 6.84. The van der Waals surface area contributed by atoms with Gasteiger partial charge in [0, 0.05) is 75.0 Å². The van der Waals surface area contributed by atoms with Crippen molar-refractivity contribution in [3.05, 3.63) is 54.4 Å². The van der Waals surface area contributed by atoms with E-state index >= 15 is 0 Å². The number of anilines is 2. The van der Waals surface area contributed by atoms with E-state index in [-0.39, 0.29) is 5.91 Å². The minimum Gasteiger partial charge on any atom is -0.379 e. The number of piperidine rings is 1. The third-order valence-electron chi connectivity index (χ3n) is 8.09. The smallest absolute Gasteiger partial charge is 0.224 e. The van der Waals surface area contributed by atoms with Crippen molar-refractivity contribution in [1.29, 1.82) is 0 Å². The summed E-state index contributed by atoms with van der Waals surface area (Å²) < 4.78 is 5.59. The average molecular weight is 492 g/mol. The van der Waals surface area contributed by atoms with Crippen LogP contribution in [-0.4, -0.2) is 67.8 Å². The summed E-state index contributed by atoms with van der Waals surface area (Å²) in [7, 11) is 0. The summed E-state index contributed by atoms with van der Waals surface area (Å²) in [5.41, 5.74) is 3.39. The summed E-state index contributed by atoms with van der Waals surface area (Å²) in [6.07, 6.45) is 11.7. The second kappa shape index (κ2) is 12.7. The number of benzene rings is 1. The van der Waals surface area contributed by atoms with Gasteiger partial charge < -0.3 is 20.3 Å². The first-order chi connectivity index (χ1) is 17.7. The number of hydrogen-bond acceptors (Lipinski definition) is 6. The van der Waals surface area contributed by atoms with E-state index in [9.17, 15) is 4.79 Å². The lowest BCUT2D eigenvalue weighted by Gasteiger charge is -2.38. The van der Waals surface area contributed by atoms with Crippen molar-refractivity contribution >= 4 is 17.3 Å². The van der Waals surface area contributed by atoms with Gasteiger partial charge in [-0.1, -0.05) is 25.0 Å². The molecule has 36 heavy (non-hydrogen) atoms. The topological polar surface area (TPSA) is 69.7 Å². The van der Waals surface area contributed by atoms with Crippen LogP contribution >= 0.6 is 0 Å². The van der Waals surface area contributed by atoms with Crippen LogP contribution in [0.5, 0.6) is 0 Å². The molecule has 1 saturated carbocycles. The van der Waals surface area contributed by atoms with E-state index < -0.39 is 0 Å². The van der Waals surface area contributed by atoms with Crippen molar-refractivity contribution in [2.75, 3.05) is 56.2 Å². The first-order valence-electron chi connectivity index (χ1n) is 13.8. The van der Waals surface area contributed by atoms with Crippen LogP contribution in [-0.2, 0) is 9.53 Å². The van der Waals surface area contributed by atoms with Gasteiger partial charge in [0.25, 0.3) is 0 Å². The van der Waals surface area contributed by atoms with Crippen LogP contribution in [0.1, 0.15) is 56.6 Å². The fraction of sp³-hybridized carbons (Fsp3) is 0.586. The molecule has 3 aliphatic rings. The number of hydrogen-bond donors (Lipinski definition) is 2. The lowest BCUT2D eigenvalue weighted by Crippen LogP contribution is -2.47. The van der Waals surface area contributed by atoms with Gasteiger partial charge in [-0.05, 0) is 61.4 Å². The van der Waals surface area contributed by atoms with Gasteiger partial charge in [-0.15, -0.1) is 0 Å². The van der Waals surface area contributed by atoms with Crippen LogP contribution in [0, 0.1) is 5.92 Å². The molecule has 194 valence electrons. The molecular weight excluding hydrogens is 450 g/mol. The van der Waals surface area contributed by atoms with Gasteiger partial charge in [0.1, 0.15) is 0 Å². The highest BCUT2D eigenvalue weighted by molar-refractivity contribution is 5.91. The van der Waals surface area contributed by atoms with E-state index in [0.717, 1.165) is 64.5 Å². The molecule has 2 saturated heterocycles. The van der Waals surface area contributed by atoms with Crippen LogP contribution in [0.3, 0.4) is 0 Å². The molecule has 2 aliphatic heterocycles. The zero-order chi connectivity index (χ0) is 24.6. The van der Waals surface area contributed by atoms with Crippen LogP contribution in [0.15, 0.2) is 48.8 Å². The second-order valence-electron chi connectivity index (χ2n) is 10.6. The van der Waals surface area contributed by atoms with Crippen molar-refractivity contribution in [3.63, 3.8) is 0 Å². The van der Waals surface area contributed by atoms with Gasteiger partial charge in [0.05, 0.1) is 13.2 Å². The number of morpholine rings is 1. The second-order valence-corrected chi connectivity index (χ2v) is 10.6. The first-order valence-corrected chi connectivity index (χ1v) is 13.8. The molecule has 3 fully saturated rings. The van der Waals surface area contributed by atoms with E-state index in [4.69, 9.17) is 4.74 Å². The molecule has 1 aromatic carbocycles. The molecule has 1 amide bonds. The van der Waals surface area contributed by atoms with Crippen LogP contribution in [0.2, 0.25) is 0 Å². The minimum atomic E-state index is 0.158. The highest BCUT2D eigenvalue weighted by Gasteiger charge is 2.26. The number of rotatable bonds is 9. The highest BCUT2D eigenvalue weighted by atomic mass is 16.5. The molecule has 3 heterocycles. The maximum Gasteiger partial charge on any atom is 0.224 e. The number of ether oxygens (including phenoxy) is 1. The van der Waals surface area contributed by atoms with Gasteiger partial charge >= 0.3 is 0 Å². The van der Waals surface area contributed by atoms with E-state index in [1.54, 1.807) is 0 Å². The van der Waals surface area contributed by atoms with Gasteiger partial charge in [-0.2, -0.15) is 0 Å². The van der Waals surface area contributed by atoms with E-state index in [2.05, 4.69) is 49.7 Å². The molecule has 2 N–H and O–H groups in total. The molecule has 5 rings (SSSR count). The molecule has 1 aliphatic carbocycles. The van der Waals surface area contributed by atoms with Crippen LogP contribution in [0.4, 0.5) is 11.4 Å². The molecule has 0 unspecified atom stereocenters. The lowest BCUT2D eigenvalue weighted by molar-refractivity contribution is -0.117. The predicted octanol–water partition coefficient (Wildman–Crippen LogP) is 4.23. The Kier molecular flexibility index (Phi) is 8.85. The third-order valence-corrected chi connectivity index (χ3v) is 8.09. The summed E-state index contributed by atoms with van der Waals surface area (Å²) in [5, 5.41) is 7.01. The molecule has 1 atom stereocenters. The maximum atomic E-state index is 12.5. The van der Waals surface area contributed by atoms with Gasteiger partial charge in [-0.25, -0.2) is 0 Å². The maximum absolute atomic E-state index is 12.5. The quantitative estimate of drug-likeness (QED) is 0.547. The van der Waals surface area contributed by atoms with Crippen molar-refractivity contribution in [2.24, 2.45) is 5.92 Å². The fourth-order valence-corrected chi connectivity index (χ4v) is 6.01. The van der Waals surface area contributed by atoms with E-state index in [1.807, 2.05) is 24.5 Å². The Labute approximate surface area is 215 Å². The molecule has 7 heteroatoms. The molecule has 0 spiro atoms. The van der Waals surface area contributed by atoms with Crippen molar-refractivity contribution in [1.82, 2.24) is 15.2 Å². The SMILES string of the molecule is O=C(CC1CCCC1)Nc1cccc(N2CCC(NC[C@@H](c3cccnc3)N3CCOCC3)CC2)c1. The Morgan fingerprint density at radius 3 is 2.58 bits per heavy atom. The number of carbonyl (C=O) groups is 1. The standard InChI is InChI=1S/C29H41N5O2/c35-29(19-23-5-1-2-6-23)32-26-8-3-9-27(20-26)33-13-10-25(11-14-33)31-22-28(24-7-4-12-30-21-24)34-15-17-36-18-16-34/h3-4,7-9,12,20-21,23,25,28,31H,1-2,5-6,10-11,13-19,22H2,(H,32,35)/t28-/m0/s1. The number of aromatic nitrogens is 1. The van der Waals surface area contributed by atoms with Gasteiger partial charge in [0.2, 0.25) is 5.91 Å². The Morgan fingerprint density at radius 2 is 1.83 bits per heavy atom. The fourth-order valence-electron chi connectivity index (χ4n) is 6.01. The molecule has 1 aromatic heterocycles. The lowest BCUT2D eigenvalue weighted by atomic mass is 10.0. The number of carbonyl (C=O) groups excluding carboxylic acids is 1. The Morgan fingerprint density at radius 1 is 1.03 bits per heavy atom. The Hall–Kier alpha value is -2.48. The number of nitrogens with one attached hydrogen (secondary N) is 2. The molecule has 2 aromatic rings. The average Bonchev–Trinajstić information content (AvgIpc) is 3.43. The van der Waals surface area contributed by atoms with E-state index in [0.29, 0.717) is 24.4 Å². The summed E-state index contributed by atoms with van der Waals surface area (Å²) in [5.74, 6) is 0.728. The van der Waals surface area contributed by atoms with Gasteiger partial charge in [-0.3, -0.25) is 14.7 Å². The van der Waals surface area contributed by atoms with Crippen molar-refractivity contribution < 1.29 is 9.53 Å². The molecular formula is C29H41N5O2. The van der Waals surface area contributed by atoms with Crippen molar-refractivity contribution in [2.45, 2.75) is 57.0 Å². The molecule has 7 nitrogen and oxygen atoms in total. The van der Waals surface area contributed by atoms with Gasteiger partial charge in [0.15, 0.2) is 0 Å². The summed E-state index contributed by atoms with van der Waals surface area (Å²) >= 11 is 0. The van der Waals surface area contributed by atoms with E-state index in [1.165, 1.54) is 36.9 Å². The van der Waals surface area contributed by atoms with Crippen LogP contribution < -0.4 is 15.5 Å². The monoisotopic (exact) mass is 491 g/mol. The summed E-state index contributed by atoms with van der Waals surface area (Å²) in [6, 6.07) is 13.4. The van der Waals surface area contributed by atoms with Crippen LogP contribution in [0.25, 0.3) is 0 Å². The number of pyridine rings is 1. The largest absolute Gasteiger partial charge is 0.379 e. The molecule has 0 radical (unpaired) electrons. The zero-order valence-electron chi connectivity index (χ0n) is 21.4. The molecule has 0 bridgehead atoms. The summed E-state index contributed by atoms with van der Waals surface area (Å²) in [4.78, 5) is 21.8. The number of nitrogens with zero attached hydrogens (tertiary/aromatic N) is 3. The van der Waals surface area contributed by atoms with Crippen molar-refractivity contribution in [3.8, 4) is 0 Å². The Bertz CT molecular complexity index is 951.